The van der Waals surface area contributed by atoms with E-state index in [0.717, 1.165) is 17.8 Å². The van der Waals surface area contributed by atoms with Crippen LogP contribution in [0.25, 0.3) is 10.9 Å². The molecule has 1 aromatic carbocycles. The van der Waals surface area contributed by atoms with Gasteiger partial charge in [0.1, 0.15) is 17.1 Å². The number of rotatable bonds is 5. The highest BCUT2D eigenvalue weighted by Crippen LogP contribution is 2.34. The third-order valence-corrected chi connectivity index (χ3v) is 6.24. The summed E-state index contributed by atoms with van der Waals surface area (Å²) >= 11 is 0. The zero-order valence-electron chi connectivity index (χ0n) is 18.8. The van der Waals surface area contributed by atoms with Crippen molar-refractivity contribution in [3.05, 3.63) is 41.6 Å². The Morgan fingerprint density at radius 1 is 1.25 bits per heavy atom. The molecule has 0 radical (unpaired) electrons. The van der Waals surface area contributed by atoms with Gasteiger partial charge in [0.25, 0.3) is 0 Å². The number of halogens is 1. The summed E-state index contributed by atoms with van der Waals surface area (Å²) in [5.74, 6) is 0.368. The molecule has 5 rings (SSSR count). The lowest BCUT2D eigenvalue weighted by molar-refractivity contribution is 0.00792. The molecule has 1 aliphatic carbocycles. The maximum absolute atomic E-state index is 14.8. The lowest BCUT2D eigenvalue weighted by atomic mass is 9.85. The van der Waals surface area contributed by atoms with Crippen LogP contribution in [0.4, 0.5) is 9.18 Å². The van der Waals surface area contributed by atoms with E-state index in [1.165, 1.54) is 25.3 Å². The first-order chi connectivity index (χ1) is 15.3. The van der Waals surface area contributed by atoms with Crippen molar-refractivity contribution in [1.82, 2.24) is 29.7 Å². The number of benzene rings is 1. The molecule has 1 saturated heterocycles. The van der Waals surface area contributed by atoms with E-state index in [4.69, 9.17) is 9.84 Å². The van der Waals surface area contributed by atoms with Crippen molar-refractivity contribution in [2.75, 3.05) is 13.1 Å². The zero-order valence-corrected chi connectivity index (χ0v) is 18.8. The molecule has 2 fully saturated rings. The van der Waals surface area contributed by atoms with E-state index in [1.54, 1.807) is 15.6 Å². The Morgan fingerprint density at radius 2 is 2.03 bits per heavy atom. The second-order valence-corrected chi connectivity index (χ2v) is 9.99. The van der Waals surface area contributed by atoms with Crippen molar-refractivity contribution in [1.29, 1.82) is 0 Å². The number of amides is 1. The molecule has 1 aliphatic heterocycles. The average molecular weight is 441 g/mol. The van der Waals surface area contributed by atoms with Gasteiger partial charge in [-0.2, -0.15) is 5.10 Å². The molecule has 0 spiro atoms. The standard InChI is InChI=1S/C23H29FN6O2/c1-23(2,3)32-22(31)28-11-16(12-28)21-20-18(24)8-5-9-19(20)30(26-21)14-17-13-29(27-25-17)10-15-6-4-7-15/h5,8-9,13,15-16H,4,6-7,10-12,14H2,1-3H3. The van der Waals surface area contributed by atoms with Gasteiger partial charge in [0.05, 0.1) is 29.3 Å². The maximum Gasteiger partial charge on any atom is 0.410 e. The normalized spacial score (nSPS) is 17.4. The molecule has 8 nitrogen and oxygen atoms in total. The smallest absolute Gasteiger partial charge is 0.410 e. The number of ether oxygens (including phenoxy) is 1. The Bertz CT molecular complexity index is 1140. The Kier molecular flexibility index (Phi) is 5.14. The van der Waals surface area contributed by atoms with Gasteiger partial charge in [-0.15, -0.1) is 5.10 Å². The predicted molar refractivity (Wildman–Crippen MR) is 117 cm³/mol. The molecule has 0 unspecified atom stereocenters. The molecule has 2 aromatic heterocycles. The molecule has 2 aliphatic rings. The van der Waals surface area contributed by atoms with E-state index in [9.17, 15) is 9.18 Å². The first-order valence-electron chi connectivity index (χ1n) is 11.3. The summed E-state index contributed by atoms with van der Waals surface area (Å²) in [6, 6.07) is 5.02. The van der Waals surface area contributed by atoms with Crippen LogP contribution in [0, 0.1) is 11.7 Å². The number of carbonyl (C=O) groups excluding carboxylic acids is 1. The van der Waals surface area contributed by atoms with Crippen LogP contribution in [-0.4, -0.2) is 54.5 Å². The van der Waals surface area contributed by atoms with Crippen LogP contribution in [0.3, 0.4) is 0 Å². The van der Waals surface area contributed by atoms with Crippen molar-refractivity contribution < 1.29 is 13.9 Å². The topological polar surface area (TPSA) is 78.1 Å². The first kappa shape index (κ1) is 20.9. The summed E-state index contributed by atoms with van der Waals surface area (Å²) in [6.45, 7) is 7.78. The molecule has 3 aromatic rings. The molecule has 0 bridgehead atoms. The van der Waals surface area contributed by atoms with Gasteiger partial charge in [0.2, 0.25) is 0 Å². The van der Waals surface area contributed by atoms with Crippen LogP contribution < -0.4 is 0 Å². The fourth-order valence-corrected chi connectivity index (χ4v) is 4.34. The van der Waals surface area contributed by atoms with Gasteiger partial charge in [-0.05, 0) is 51.7 Å². The minimum atomic E-state index is -0.543. The second kappa shape index (κ2) is 7.86. The predicted octanol–water partition coefficient (Wildman–Crippen LogP) is 3.95. The van der Waals surface area contributed by atoms with E-state index in [0.29, 0.717) is 36.6 Å². The molecule has 9 heteroatoms. The Balaban J connectivity index is 1.34. The van der Waals surface area contributed by atoms with E-state index in [2.05, 4.69) is 10.3 Å². The van der Waals surface area contributed by atoms with E-state index >= 15 is 0 Å². The molecule has 0 N–H and O–H groups in total. The molecule has 170 valence electrons. The number of aromatic nitrogens is 5. The van der Waals surface area contributed by atoms with Gasteiger partial charge in [-0.25, -0.2) is 9.18 Å². The SMILES string of the molecule is CC(C)(C)OC(=O)N1CC(c2nn(Cc3cn(CC4CCC4)nn3)c3cccc(F)c23)C1. The average Bonchev–Trinajstić information content (AvgIpc) is 3.22. The highest BCUT2D eigenvalue weighted by molar-refractivity contribution is 5.84. The minimum absolute atomic E-state index is 0.0301. The molecule has 1 amide bonds. The number of fused-ring (bicyclic) bond motifs is 1. The van der Waals surface area contributed by atoms with Gasteiger partial charge in [-0.1, -0.05) is 17.7 Å². The second-order valence-electron chi connectivity index (χ2n) is 9.99. The quantitative estimate of drug-likeness (QED) is 0.600. The van der Waals surface area contributed by atoms with Crippen LogP contribution in [0.2, 0.25) is 0 Å². The summed E-state index contributed by atoms with van der Waals surface area (Å²) in [7, 11) is 0. The Labute approximate surface area is 186 Å². The number of nitrogens with zero attached hydrogens (tertiary/aromatic N) is 6. The van der Waals surface area contributed by atoms with Crippen molar-refractivity contribution in [3.63, 3.8) is 0 Å². The Morgan fingerprint density at radius 3 is 2.72 bits per heavy atom. The van der Waals surface area contributed by atoms with Gasteiger partial charge >= 0.3 is 6.09 Å². The van der Waals surface area contributed by atoms with Crippen molar-refractivity contribution in [3.8, 4) is 0 Å². The fourth-order valence-electron chi connectivity index (χ4n) is 4.34. The third-order valence-electron chi connectivity index (χ3n) is 6.24. The maximum atomic E-state index is 14.8. The summed E-state index contributed by atoms with van der Waals surface area (Å²) in [5, 5.41) is 13.8. The Hall–Kier alpha value is -2.97. The molecular formula is C23H29FN6O2. The molecular weight excluding hydrogens is 411 g/mol. The lowest BCUT2D eigenvalue weighted by Crippen LogP contribution is -2.50. The van der Waals surface area contributed by atoms with Crippen LogP contribution in [-0.2, 0) is 17.8 Å². The van der Waals surface area contributed by atoms with E-state index in [-0.39, 0.29) is 17.8 Å². The minimum Gasteiger partial charge on any atom is -0.444 e. The van der Waals surface area contributed by atoms with Gasteiger partial charge in [-0.3, -0.25) is 9.36 Å². The molecule has 1 saturated carbocycles. The van der Waals surface area contributed by atoms with Gasteiger partial charge in [0.15, 0.2) is 0 Å². The number of carbonyl (C=O) groups is 1. The summed E-state index contributed by atoms with van der Waals surface area (Å²) in [6.07, 6.45) is 5.42. The zero-order chi connectivity index (χ0) is 22.5. The van der Waals surface area contributed by atoms with Crippen molar-refractivity contribution in [2.45, 2.75) is 64.6 Å². The van der Waals surface area contributed by atoms with Crippen LogP contribution >= 0.6 is 0 Å². The fraction of sp³-hybridized carbons (Fsp3) is 0.565. The highest BCUT2D eigenvalue weighted by atomic mass is 19.1. The van der Waals surface area contributed by atoms with Gasteiger partial charge < -0.3 is 9.64 Å². The molecule has 32 heavy (non-hydrogen) atoms. The van der Waals surface area contributed by atoms with Crippen LogP contribution in [0.1, 0.15) is 57.3 Å². The largest absolute Gasteiger partial charge is 0.444 e. The lowest BCUT2D eigenvalue weighted by Gasteiger charge is -2.39. The van der Waals surface area contributed by atoms with Crippen molar-refractivity contribution >= 4 is 17.0 Å². The first-order valence-corrected chi connectivity index (χ1v) is 11.3. The molecule has 0 atom stereocenters. The van der Waals surface area contributed by atoms with Crippen LogP contribution in [0.5, 0.6) is 0 Å². The monoisotopic (exact) mass is 440 g/mol. The molecule has 3 heterocycles. The van der Waals surface area contributed by atoms with Gasteiger partial charge in [0, 0.05) is 25.6 Å². The summed E-state index contributed by atoms with van der Waals surface area (Å²) < 4.78 is 23.9. The van der Waals surface area contributed by atoms with Crippen LogP contribution in [0.15, 0.2) is 24.4 Å². The van der Waals surface area contributed by atoms with E-state index in [1.807, 2.05) is 37.7 Å². The summed E-state index contributed by atoms with van der Waals surface area (Å²) in [5.41, 5.74) is 1.66. The number of hydrogen-bond donors (Lipinski definition) is 0. The summed E-state index contributed by atoms with van der Waals surface area (Å²) in [4.78, 5) is 13.9. The van der Waals surface area contributed by atoms with Crippen molar-refractivity contribution in [2.24, 2.45) is 5.92 Å². The third kappa shape index (κ3) is 4.08. The van der Waals surface area contributed by atoms with E-state index < -0.39 is 5.60 Å². The highest BCUT2D eigenvalue weighted by Gasteiger charge is 2.37. The number of likely N-dealkylation sites (tertiary alicyclic amines) is 1. The number of hydrogen-bond acceptors (Lipinski definition) is 5.